The summed E-state index contributed by atoms with van der Waals surface area (Å²) in [5.74, 6) is 0.703. The molecule has 2 aromatic carbocycles. The van der Waals surface area contributed by atoms with E-state index in [4.69, 9.17) is 9.57 Å². The molecular weight excluding hydrogens is 320 g/mol. The van der Waals surface area contributed by atoms with E-state index in [-0.39, 0.29) is 5.69 Å². The van der Waals surface area contributed by atoms with Gasteiger partial charge in [0.15, 0.2) is 5.52 Å². The lowest BCUT2D eigenvalue weighted by Crippen LogP contribution is -2.42. The van der Waals surface area contributed by atoms with Crippen molar-refractivity contribution < 1.29 is 14.3 Å². The number of ether oxygens (including phenoxy) is 1. The molecule has 0 atom stereocenters. The lowest BCUT2D eigenvalue weighted by atomic mass is 10.1. The summed E-state index contributed by atoms with van der Waals surface area (Å²) in [7, 11) is 0. The smallest absolute Gasteiger partial charge is 0.357 e. The molecule has 0 saturated carbocycles. The van der Waals surface area contributed by atoms with Crippen molar-refractivity contribution in [2.75, 3.05) is 13.2 Å². The zero-order valence-electron chi connectivity index (χ0n) is 14.3. The summed E-state index contributed by atoms with van der Waals surface area (Å²) in [6.45, 7) is 4.75. The van der Waals surface area contributed by atoms with Crippen LogP contribution in [0.1, 0.15) is 20.3 Å². The van der Waals surface area contributed by atoms with Gasteiger partial charge in [-0.25, -0.2) is 0 Å². The Labute approximate surface area is 145 Å². The van der Waals surface area contributed by atoms with Crippen LogP contribution in [0.3, 0.4) is 0 Å². The average Bonchev–Trinajstić information content (AvgIpc) is 2.64. The van der Waals surface area contributed by atoms with Crippen LogP contribution in [0, 0.1) is 5.21 Å². The lowest BCUT2D eigenvalue weighted by Gasteiger charge is -2.13. The molecule has 0 aliphatic rings. The Morgan fingerprint density at radius 1 is 1.08 bits per heavy atom. The van der Waals surface area contributed by atoms with Crippen molar-refractivity contribution >= 4 is 11.0 Å². The number of nitrogens with zero attached hydrogens (tertiary/aromatic N) is 2. The molecule has 6 nitrogen and oxygen atoms in total. The van der Waals surface area contributed by atoms with Crippen LogP contribution in [0.4, 0.5) is 0 Å². The van der Waals surface area contributed by atoms with Gasteiger partial charge in [0.1, 0.15) is 12.4 Å². The monoisotopic (exact) mass is 340 g/mol. The number of rotatable bonds is 6. The van der Waals surface area contributed by atoms with E-state index in [0.29, 0.717) is 40.3 Å². The van der Waals surface area contributed by atoms with Gasteiger partial charge in [-0.3, -0.25) is 4.79 Å². The average molecular weight is 340 g/mol. The molecule has 3 aromatic rings. The Bertz CT molecular complexity index is 933. The first-order valence-corrected chi connectivity index (χ1v) is 8.31. The Morgan fingerprint density at radius 3 is 2.48 bits per heavy atom. The summed E-state index contributed by atoms with van der Waals surface area (Å²) >= 11 is 0. The highest BCUT2D eigenvalue weighted by molar-refractivity contribution is 5.73. The van der Waals surface area contributed by atoms with Crippen molar-refractivity contribution in [2.45, 2.75) is 20.3 Å². The van der Waals surface area contributed by atoms with Crippen LogP contribution < -0.4 is 19.9 Å². The van der Waals surface area contributed by atoms with Gasteiger partial charge in [-0.15, -0.1) is 4.73 Å². The highest BCUT2D eigenvalue weighted by Crippen LogP contribution is 2.19. The van der Waals surface area contributed by atoms with Crippen LogP contribution in [-0.2, 0) is 0 Å². The Balaban J connectivity index is 2.17. The first-order valence-electron chi connectivity index (χ1n) is 8.31. The topological polar surface area (TPSA) is 67.4 Å². The molecule has 0 bridgehead atoms. The maximum atomic E-state index is 12.8. The Hall–Kier alpha value is -3.02. The fraction of sp³-hybridized carbons (Fsp3) is 0.263. The van der Waals surface area contributed by atoms with Crippen LogP contribution in [0.25, 0.3) is 22.3 Å². The first-order chi connectivity index (χ1) is 12.2. The number of para-hydroxylation sites is 2. The number of hydrogen-bond donors (Lipinski definition) is 0. The molecule has 0 amide bonds. The molecule has 0 unspecified atom stereocenters. The number of hydrogen-bond acceptors (Lipinski definition) is 4. The molecule has 0 N–H and O–H groups in total. The third-order valence-corrected chi connectivity index (χ3v) is 3.77. The fourth-order valence-electron chi connectivity index (χ4n) is 2.65. The van der Waals surface area contributed by atoms with E-state index < -0.39 is 5.56 Å². The minimum Gasteiger partial charge on any atom is -0.618 e. The molecule has 1 heterocycles. The molecule has 130 valence electrons. The van der Waals surface area contributed by atoms with Gasteiger partial charge in [0.2, 0.25) is 5.52 Å². The highest BCUT2D eigenvalue weighted by Gasteiger charge is 2.23. The zero-order valence-corrected chi connectivity index (χ0v) is 14.3. The summed E-state index contributed by atoms with van der Waals surface area (Å²) in [6.07, 6.45) is 0.909. The van der Waals surface area contributed by atoms with Crippen LogP contribution in [0.5, 0.6) is 5.75 Å². The van der Waals surface area contributed by atoms with Crippen molar-refractivity contribution in [3.05, 3.63) is 64.1 Å². The number of aromatic nitrogens is 2. The maximum absolute atomic E-state index is 12.8. The zero-order chi connectivity index (χ0) is 17.8. The van der Waals surface area contributed by atoms with E-state index in [9.17, 15) is 10.0 Å². The third kappa shape index (κ3) is 3.15. The second-order valence-corrected chi connectivity index (χ2v) is 5.52. The predicted molar refractivity (Wildman–Crippen MR) is 95.5 cm³/mol. The van der Waals surface area contributed by atoms with Gasteiger partial charge < -0.3 is 14.8 Å². The Kier molecular flexibility index (Phi) is 4.88. The predicted octanol–water partition coefficient (Wildman–Crippen LogP) is 2.54. The normalized spacial score (nSPS) is 10.8. The molecule has 0 spiro atoms. The van der Waals surface area contributed by atoms with Gasteiger partial charge >= 0.3 is 5.56 Å². The van der Waals surface area contributed by atoms with Crippen LogP contribution in [-0.4, -0.2) is 17.9 Å². The van der Waals surface area contributed by atoms with Crippen molar-refractivity contribution in [1.82, 2.24) is 4.73 Å². The van der Waals surface area contributed by atoms with E-state index in [2.05, 4.69) is 0 Å². The third-order valence-electron chi connectivity index (χ3n) is 3.77. The largest absolute Gasteiger partial charge is 0.618 e. The minimum absolute atomic E-state index is 0.0224. The van der Waals surface area contributed by atoms with E-state index in [1.54, 1.807) is 55.5 Å². The summed E-state index contributed by atoms with van der Waals surface area (Å²) in [4.78, 5) is 18.3. The van der Waals surface area contributed by atoms with E-state index >= 15 is 0 Å². The first kappa shape index (κ1) is 16.8. The number of benzene rings is 2. The maximum Gasteiger partial charge on any atom is 0.357 e. The summed E-state index contributed by atoms with van der Waals surface area (Å²) < 4.78 is 7.39. The summed E-state index contributed by atoms with van der Waals surface area (Å²) in [5, 5.41) is 12.8. The number of fused-ring (bicyclic) bond motifs is 1. The molecule has 0 saturated heterocycles. The minimum atomic E-state index is -0.488. The van der Waals surface area contributed by atoms with E-state index in [1.807, 2.05) is 6.92 Å². The van der Waals surface area contributed by atoms with Crippen molar-refractivity contribution in [3.63, 3.8) is 0 Å². The second kappa shape index (κ2) is 7.25. The molecule has 0 radical (unpaired) electrons. The molecule has 1 aromatic heterocycles. The molecule has 0 aliphatic heterocycles. The van der Waals surface area contributed by atoms with E-state index in [1.165, 1.54) is 4.73 Å². The molecule has 3 rings (SSSR count). The molecule has 0 fully saturated rings. The van der Waals surface area contributed by atoms with Gasteiger partial charge in [-0.1, -0.05) is 19.1 Å². The van der Waals surface area contributed by atoms with Crippen molar-refractivity contribution in [3.8, 4) is 17.0 Å². The van der Waals surface area contributed by atoms with Gasteiger partial charge in [0.25, 0.3) is 5.69 Å². The van der Waals surface area contributed by atoms with Crippen molar-refractivity contribution in [1.29, 1.82) is 0 Å². The van der Waals surface area contributed by atoms with Gasteiger partial charge in [-0.2, -0.15) is 4.73 Å². The van der Waals surface area contributed by atoms with Gasteiger partial charge in [0, 0.05) is 6.07 Å². The van der Waals surface area contributed by atoms with Crippen LogP contribution >= 0.6 is 0 Å². The molecular formula is C19H20N2O4. The Morgan fingerprint density at radius 2 is 1.80 bits per heavy atom. The standard InChI is InChI=1S/C19H20N2O4/c1-3-13-24-15-11-9-14(10-12-15)18-19(22)21(25-4-2)17-8-6-5-7-16(17)20(18)23/h5-12H,3-4,13H2,1-2H3. The quantitative estimate of drug-likeness (QED) is 0.511. The lowest BCUT2D eigenvalue weighted by molar-refractivity contribution is -0.566. The fourth-order valence-corrected chi connectivity index (χ4v) is 2.65. The summed E-state index contributed by atoms with van der Waals surface area (Å²) in [5.41, 5.74) is 0.864. The van der Waals surface area contributed by atoms with E-state index in [0.717, 1.165) is 6.42 Å². The molecule has 0 aliphatic carbocycles. The van der Waals surface area contributed by atoms with Crippen LogP contribution in [0.2, 0.25) is 0 Å². The SMILES string of the molecule is CCCOc1ccc(-c2c(=O)n(OCC)c3ccccc3[n+]2[O-])cc1. The van der Waals surface area contributed by atoms with Crippen molar-refractivity contribution in [2.24, 2.45) is 0 Å². The van der Waals surface area contributed by atoms with Gasteiger partial charge in [0.05, 0.1) is 12.2 Å². The second-order valence-electron chi connectivity index (χ2n) is 5.52. The van der Waals surface area contributed by atoms with Gasteiger partial charge in [-0.05, 0) is 43.7 Å². The molecule has 6 heteroatoms. The molecule has 25 heavy (non-hydrogen) atoms. The summed E-state index contributed by atoms with van der Waals surface area (Å²) in [6, 6.07) is 13.8. The van der Waals surface area contributed by atoms with Crippen LogP contribution in [0.15, 0.2) is 53.3 Å². The highest BCUT2D eigenvalue weighted by atomic mass is 16.7.